The van der Waals surface area contributed by atoms with Crippen molar-refractivity contribution in [3.63, 3.8) is 0 Å². The van der Waals surface area contributed by atoms with Crippen molar-refractivity contribution < 1.29 is 8.78 Å². The predicted molar refractivity (Wildman–Crippen MR) is 83.0 cm³/mol. The molecule has 20 heavy (non-hydrogen) atoms. The van der Waals surface area contributed by atoms with Gasteiger partial charge in [-0.15, -0.1) is 11.8 Å². The van der Waals surface area contributed by atoms with E-state index >= 15 is 0 Å². The van der Waals surface area contributed by atoms with Gasteiger partial charge in [-0.2, -0.15) is 0 Å². The minimum atomic E-state index is -0.277. The van der Waals surface area contributed by atoms with Crippen LogP contribution in [0.2, 0.25) is 0 Å². The number of halogens is 3. The molecule has 5 heteroatoms. The molecule has 2 aromatic rings. The van der Waals surface area contributed by atoms with Crippen molar-refractivity contribution in [1.29, 1.82) is 0 Å². The van der Waals surface area contributed by atoms with Gasteiger partial charge in [-0.1, -0.05) is 24.3 Å². The van der Waals surface area contributed by atoms with E-state index in [1.54, 1.807) is 43.4 Å². The van der Waals surface area contributed by atoms with Crippen LogP contribution in [0.5, 0.6) is 0 Å². The number of hydrogen-bond acceptors (Lipinski definition) is 2. The molecule has 2 rings (SSSR count). The summed E-state index contributed by atoms with van der Waals surface area (Å²) in [6.07, 6.45) is 0. The van der Waals surface area contributed by atoms with Crippen molar-refractivity contribution in [2.75, 3.05) is 12.8 Å². The Kier molecular flexibility index (Phi) is 5.57. The molecule has 0 spiro atoms. The first kappa shape index (κ1) is 15.5. The van der Waals surface area contributed by atoms with E-state index in [0.717, 1.165) is 0 Å². The Bertz CT molecular complexity index is 592. The van der Waals surface area contributed by atoms with Gasteiger partial charge < -0.3 is 5.32 Å². The molecular formula is C15H14BrF2NS. The molecule has 1 atom stereocenters. The summed E-state index contributed by atoms with van der Waals surface area (Å²) in [4.78, 5) is 0.572. The molecular weight excluding hydrogens is 344 g/mol. The lowest BCUT2D eigenvalue weighted by Gasteiger charge is -2.17. The molecule has 0 aromatic heterocycles. The zero-order chi connectivity index (χ0) is 14.5. The zero-order valence-electron chi connectivity index (χ0n) is 10.9. The maximum Gasteiger partial charge on any atom is 0.142 e. The molecule has 0 aliphatic rings. The molecule has 1 unspecified atom stereocenters. The van der Waals surface area contributed by atoms with E-state index in [1.807, 2.05) is 0 Å². The SMILES string of the molecule is CNC(CSc1ccccc1F)c1cccc(Br)c1F. The van der Waals surface area contributed by atoms with Crippen LogP contribution in [0.1, 0.15) is 11.6 Å². The van der Waals surface area contributed by atoms with E-state index in [2.05, 4.69) is 21.2 Å². The zero-order valence-corrected chi connectivity index (χ0v) is 13.3. The van der Waals surface area contributed by atoms with Crippen LogP contribution in [0.3, 0.4) is 0 Å². The van der Waals surface area contributed by atoms with Crippen LogP contribution in [0.25, 0.3) is 0 Å². The van der Waals surface area contributed by atoms with Crippen LogP contribution < -0.4 is 5.32 Å². The largest absolute Gasteiger partial charge is 0.312 e. The van der Waals surface area contributed by atoms with Gasteiger partial charge in [0.05, 0.1) is 4.47 Å². The third-order valence-corrected chi connectivity index (χ3v) is 4.70. The Morgan fingerprint density at radius 1 is 1.15 bits per heavy atom. The van der Waals surface area contributed by atoms with Gasteiger partial charge in [0.1, 0.15) is 11.6 Å². The van der Waals surface area contributed by atoms with Gasteiger partial charge in [-0.05, 0) is 41.2 Å². The Hall–Kier alpha value is -0.910. The molecule has 0 fully saturated rings. The number of nitrogens with one attached hydrogen (secondary N) is 1. The van der Waals surface area contributed by atoms with Gasteiger partial charge >= 0.3 is 0 Å². The summed E-state index contributed by atoms with van der Waals surface area (Å²) in [6, 6.07) is 11.6. The quantitative estimate of drug-likeness (QED) is 0.772. The smallest absolute Gasteiger partial charge is 0.142 e. The number of thioether (sulfide) groups is 1. The summed E-state index contributed by atoms with van der Waals surface area (Å²) in [5.41, 5.74) is 0.575. The highest BCUT2D eigenvalue weighted by molar-refractivity contribution is 9.10. The van der Waals surface area contributed by atoms with Gasteiger partial charge in [0.15, 0.2) is 0 Å². The van der Waals surface area contributed by atoms with Crippen LogP contribution in [0.4, 0.5) is 8.78 Å². The fourth-order valence-corrected chi connectivity index (χ4v) is 3.31. The number of hydrogen-bond donors (Lipinski definition) is 1. The molecule has 106 valence electrons. The van der Waals surface area contributed by atoms with Crippen LogP contribution >= 0.6 is 27.7 Å². The van der Waals surface area contributed by atoms with E-state index in [1.165, 1.54) is 17.8 Å². The maximum absolute atomic E-state index is 14.1. The molecule has 0 amide bonds. The minimum absolute atomic E-state index is 0.183. The first-order valence-corrected chi connectivity index (χ1v) is 7.90. The summed E-state index contributed by atoms with van der Waals surface area (Å²) < 4.78 is 28.1. The second-order valence-electron chi connectivity index (χ2n) is 4.23. The van der Waals surface area contributed by atoms with Gasteiger partial charge in [0.25, 0.3) is 0 Å². The molecule has 1 nitrogen and oxygen atoms in total. The Morgan fingerprint density at radius 2 is 1.90 bits per heavy atom. The van der Waals surface area contributed by atoms with Crippen molar-refractivity contribution in [1.82, 2.24) is 5.32 Å². The Labute approximate surface area is 129 Å². The second kappa shape index (κ2) is 7.20. The highest BCUT2D eigenvalue weighted by atomic mass is 79.9. The summed E-state index contributed by atoms with van der Waals surface area (Å²) >= 11 is 4.55. The molecule has 0 radical (unpaired) electrons. The second-order valence-corrected chi connectivity index (χ2v) is 6.14. The van der Waals surface area contributed by atoms with E-state index < -0.39 is 0 Å². The van der Waals surface area contributed by atoms with Crippen LogP contribution in [-0.4, -0.2) is 12.8 Å². The fraction of sp³-hybridized carbons (Fsp3) is 0.200. The molecule has 0 saturated heterocycles. The van der Waals surface area contributed by atoms with E-state index in [4.69, 9.17) is 0 Å². The van der Waals surface area contributed by atoms with Crippen molar-refractivity contribution in [2.45, 2.75) is 10.9 Å². The summed E-state index contributed by atoms with van der Waals surface area (Å²) in [6.45, 7) is 0. The molecule has 0 bridgehead atoms. The number of benzene rings is 2. The van der Waals surface area contributed by atoms with Crippen LogP contribution in [0.15, 0.2) is 51.8 Å². The average molecular weight is 358 g/mol. The molecule has 0 heterocycles. The average Bonchev–Trinajstić information content (AvgIpc) is 2.45. The molecule has 1 N–H and O–H groups in total. The minimum Gasteiger partial charge on any atom is -0.312 e. The van der Waals surface area contributed by atoms with Gasteiger partial charge in [-0.3, -0.25) is 0 Å². The highest BCUT2D eigenvalue weighted by Gasteiger charge is 2.16. The maximum atomic E-state index is 14.1. The topological polar surface area (TPSA) is 12.0 Å². The lowest BCUT2D eigenvalue weighted by Crippen LogP contribution is -2.20. The fourth-order valence-electron chi connectivity index (χ4n) is 1.85. The van der Waals surface area contributed by atoms with Gasteiger partial charge in [-0.25, -0.2) is 8.78 Å². The molecule has 0 aliphatic carbocycles. The van der Waals surface area contributed by atoms with Gasteiger partial charge in [0.2, 0.25) is 0 Å². The summed E-state index contributed by atoms with van der Waals surface area (Å²) in [5, 5.41) is 3.07. The van der Waals surface area contributed by atoms with E-state index in [-0.39, 0.29) is 17.7 Å². The van der Waals surface area contributed by atoms with Crippen molar-refractivity contribution in [3.8, 4) is 0 Å². The third-order valence-electron chi connectivity index (χ3n) is 2.95. The standard InChI is InChI=1S/C15H14BrF2NS/c1-19-13(10-5-4-6-11(16)15(10)18)9-20-14-8-3-2-7-12(14)17/h2-8,13,19H,9H2,1H3. The lowest BCUT2D eigenvalue weighted by molar-refractivity contribution is 0.560. The van der Waals surface area contributed by atoms with E-state index in [9.17, 15) is 8.78 Å². The lowest BCUT2D eigenvalue weighted by atomic mass is 10.1. The predicted octanol–water partition coefficient (Wildman–Crippen LogP) is 4.78. The highest BCUT2D eigenvalue weighted by Crippen LogP contribution is 2.29. The normalized spacial score (nSPS) is 12.4. The first-order valence-electron chi connectivity index (χ1n) is 6.12. The first-order chi connectivity index (χ1) is 9.63. The third kappa shape index (κ3) is 3.59. The van der Waals surface area contributed by atoms with Gasteiger partial charge in [0, 0.05) is 22.3 Å². The van der Waals surface area contributed by atoms with Crippen molar-refractivity contribution in [3.05, 3.63) is 64.1 Å². The van der Waals surface area contributed by atoms with Crippen molar-refractivity contribution in [2.24, 2.45) is 0 Å². The Balaban J connectivity index is 2.14. The van der Waals surface area contributed by atoms with Crippen LogP contribution in [-0.2, 0) is 0 Å². The number of rotatable bonds is 5. The molecule has 0 aliphatic heterocycles. The molecule has 0 saturated carbocycles. The van der Waals surface area contributed by atoms with E-state index in [0.29, 0.717) is 20.7 Å². The summed E-state index contributed by atoms with van der Waals surface area (Å²) in [5.74, 6) is 0.0215. The summed E-state index contributed by atoms with van der Waals surface area (Å²) in [7, 11) is 1.77. The molecule has 2 aromatic carbocycles. The Morgan fingerprint density at radius 3 is 2.60 bits per heavy atom. The van der Waals surface area contributed by atoms with Crippen molar-refractivity contribution >= 4 is 27.7 Å². The monoisotopic (exact) mass is 357 g/mol. The van der Waals surface area contributed by atoms with Crippen LogP contribution in [0, 0.1) is 11.6 Å².